The van der Waals surface area contributed by atoms with Gasteiger partial charge in [0.1, 0.15) is 0 Å². The summed E-state index contributed by atoms with van der Waals surface area (Å²) in [7, 11) is -3.57. The second-order valence-electron chi connectivity index (χ2n) is 6.33. The van der Waals surface area contributed by atoms with Crippen molar-refractivity contribution in [3.05, 3.63) is 63.4 Å². The van der Waals surface area contributed by atoms with E-state index in [2.05, 4.69) is 4.99 Å². The number of aromatic nitrogens is 1. The number of benzene rings is 2. The summed E-state index contributed by atoms with van der Waals surface area (Å²) in [5.41, 5.74) is 0.722. The number of non-ortho nitro benzene ring substituents is 1. The van der Waals surface area contributed by atoms with E-state index in [1.807, 2.05) is 11.5 Å². The van der Waals surface area contributed by atoms with E-state index in [1.54, 1.807) is 24.3 Å². The molecule has 0 atom stereocenters. The van der Waals surface area contributed by atoms with Crippen molar-refractivity contribution < 1.29 is 18.1 Å². The fourth-order valence-electron chi connectivity index (χ4n) is 2.83. The van der Waals surface area contributed by atoms with Crippen LogP contribution in [0.15, 0.2) is 58.4 Å². The van der Waals surface area contributed by atoms with Gasteiger partial charge in [0.25, 0.3) is 5.69 Å². The molecule has 29 heavy (non-hydrogen) atoms. The van der Waals surface area contributed by atoms with E-state index in [4.69, 9.17) is 0 Å². The molecule has 0 aliphatic rings. The van der Waals surface area contributed by atoms with Crippen LogP contribution in [0.2, 0.25) is 0 Å². The van der Waals surface area contributed by atoms with Crippen molar-refractivity contribution in [2.75, 3.05) is 5.75 Å². The highest BCUT2D eigenvalue weighted by Crippen LogP contribution is 2.23. The Morgan fingerprint density at radius 1 is 1.21 bits per heavy atom. The van der Waals surface area contributed by atoms with Crippen LogP contribution in [0.25, 0.3) is 10.2 Å². The molecule has 3 rings (SSSR count). The second kappa shape index (κ2) is 8.66. The molecular formula is C19H19N3O5S2. The first-order valence-corrected chi connectivity index (χ1v) is 11.4. The molecule has 152 valence electrons. The summed E-state index contributed by atoms with van der Waals surface area (Å²) in [6.07, 6.45) is 0.546. The van der Waals surface area contributed by atoms with E-state index < -0.39 is 20.7 Å². The molecule has 1 heterocycles. The Kier molecular flexibility index (Phi) is 6.23. The number of nitro groups is 1. The third-order valence-corrected chi connectivity index (χ3v) is 7.00. The number of rotatable bonds is 7. The third-order valence-electron chi connectivity index (χ3n) is 4.23. The maximum atomic E-state index is 12.4. The molecule has 0 bridgehead atoms. The highest BCUT2D eigenvalue weighted by molar-refractivity contribution is 7.91. The molecule has 0 saturated heterocycles. The van der Waals surface area contributed by atoms with E-state index in [0.29, 0.717) is 16.0 Å². The van der Waals surface area contributed by atoms with Crippen molar-refractivity contribution in [1.29, 1.82) is 0 Å². The van der Waals surface area contributed by atoms with Gasteiger partial charge in [0.05, 0.1) is 25.8 Å². The topological polar surface area (TPSA) is 112 Å². The van der Waals surface area contributed by atoms with Gasteiger partial charge in [0, 0.05) is 25.1 Å². The van der Waals surface area contributed by atoms with Gasteiger partial charge in [-0.05, 0) is 24.6 Å². The van der Waals surface area contributed by atoms with Crippen molar-refractivity contribution in [3.63, 3.8) is 0 Å². The summed E-state index contributed by atoms with van der Waals surface area (Å²) in [5.74, 6) is -0.876. The first-order valence-electron chi connectivity index (χ1n) is 8.95. The number of nitro benzene ring substituents is 1. The zero-order valence-corrected chi connectivity index (χ0v) is 17.3. The molecule has 0 radical (unpaired) electrons. The zero-order valence-electron chi connectivity index (χ0n) is 15.6. The fourth-order valence-corrected chi connectivity index (χ4v) is 5.19. The fraction of sp³-hybridized carbons (Fsp3) is 0.263. The monoisotopic (exact) mass is 433 g/mol. The summed E-state index contributed by atoms with van der Waals surface area (Å²) in [5, 5.41) is 11.0. The van der Waals surface area contributed by atoms with Crippen LogP contribution in [0, 0.1) is 10.1 Å². The van der Waals surface area contributed by atoms with Gasteiger partial charge in [-0.2, -0.15) is 4.99 Å². The molecule has 0 aliphatic carbocycles. The van der Waals surface area contributed by atoms with Crippen LogP contribution in [-0.2, 0) is 21.2 Å². The quantitative estimate of drug-likeness (QED) is 0.419. The maximum absolute atomic E-state index is 12.4. The molecule has 0 spiro atoms. The van der Waals surface area contributed by atoms with Gasteiger partial charge in [0.15, 0.2) is 14.6 Å². The van der Waals surface area contributed by atoms with Crippen LogP contribution < -0.4 is 4.80 Å². The largest absolute Gasteiger partial charge is 0.316 e. The average molecular weight is 434 g/mol. The molecule has 8 nitrogen and oxygen atoms in total. The van der Waals surface area contributed by atoms with E-state index in [-0.39, 0.29) is 22.8 Å². The molecular weight excluding hydrogens is 414 g/mol. The lowest BCUT2D eigenvalue weighted by atomic mass is 10.3. The van der Waals surface area contributed by atoms with Crippen LogP contribution in [0.4, 0.5) is 5.69 Å². The number of fused-ring (bicyclic) bond motifs is 1. The van der Waals surface area contributed by atoms with Crippen molar-refractivity contribution in [3.8, 4) is 0 Å². The van der Waals surface area contributed by atoms with Gasteiger partial charge in [-0.15, -0.1) is 0 Å². The van der Waals surface area contributed by atoms with E-state index in [0.717, 1.165) is 11.9 Å². The van der Waals surface area contributed by atoms with Gasteiger partial charge < -0.3 is 4.57 Å². The first-order chi connectivity index (χ1) is 13.8. The second-order valence-corrected chi connectivity index (χ2v) is 9.45. The lowest BCUT2D eigenvalue weighted by Gasteiger charge is -2.03. The van der Waals surface area contributed by atoms with Crippen LogP contribution in [0.1, 0.15) is 19.8 Å². The van der Waals surface area contributed by atoms with Crippen molar-refractivity contribution in [2.24, 2.45) is 4.99 Å². The molecule has 0 unspecified atom stereocenters. The number of carbonyl (C=O) groups excluding carboxylic acids is 1. The van der Waals surface area contributed by atoms with E-state index in [1.165, 1.54) is 35.6 Å². The Morgan fingerprint density at radius 2 is 1.93 bits per heavy atom. The molecule has 1 aromatic heterocycles. The van der Waals surface area contributed by atoms with Gasteiger partial charge in [-0.1, -0.05) is 36.5 Å². The van der Waals surface area contributed by atoms with Gasteiger partial charge in [0.2, 0.25) is 5.91 Å². The number of thiazole rings is 1. The molecule has 0 aliphatic heterocycles. The Labute approximate surface area is 171 Å². The summed E-state index contributed by atoms with van der Waals surface area (Å²) in [6, 6.07) is 12.5. The lowest BCUT2D eigenvalue weighted by Crippen LogP contribution is -2.18. The van der Waals surface area contributed by atoms with Crippen LogP contribution >= 0.6 is 11.3 Å². The third kappa shape index (κ3) is 4.77. The molecule has 2 aromatic carbocycles. The molecule has 3 aromatic rings. The number of hydrogen-bond acceptors (Lipinski definition) is 6. The van der Waals surface area contributed by atoms with E-state index >= 15 is 0 Å². The maximum Gasteiger partial charge on any atom is 0.270 e. The number of sulfone groups is 1. The number of nitrogens with zero attached hydrogens (tertiary/aromatic N) is 3. The first kappa shape index (κ1) is 20.9. The smallest absolute Gasteiger partial charge is 0.270 e. The molecule has 0 fully saturated rings. The molecule has 0 N–H and O–H groups in total. The predicted octanol–water partition coefficient (Wildman–Crippen LogP) is 3.31. The Hall–Kier alpha value is -2.85. The van der Waals surface area contributed by atoms with Crippen molar-refractivity contribution in [1.82, 2.24) is 4.57 Å². The minimum absolute atomic E-state index is 0.0331. The number of carbonyl (C=O) groups is 1. The van der Waals surface area contributed by atoms with Crippen molar-refractivity contribution >= 4 is 43.0 Å². The summed E-state index contributed by atoms with van der Waals surface area (Å²) < 4.78 is 27.2. The Morgan fingerprint density at radius 3 is 2.59 bits per heavy atom. The minimum Gasteiger partial charge on any atom is -0.316 e. The number of amides is 1. The van der Waals surface area contributed by atoms with Crippen LogP contribution in [0.3, 0.4) is 0 Å². The zero-order chi connectivity index (χ0) is 21.0. The van der Waals surface area contributed by atoms with Crippen LogP contribution in [0.5, 0.6) is 0 Å². The van der Waals surface area contributed by atoms with Crippen molar-refractivity contribution in [2.45, 2.75) is 31.2 Å². The van der Waals surface area contributed by atoms with Gasteiger partial charge in [-0.25, -0.2) is 8.42 Å². The number of aryl methyl sites for hydroxylation is 1. The van der Waals surface area contributed by atoms with E-state index in [9.17, 15) is 23.3 Å². The summed E-state index contributed by atoms with van der Waals surface area (Å²) in [6.45, 7) is 2.56. The number of hydrogen-bond donors (Lipinski definition) is 0. The van der Waals surface area contributed by atoms with Gasteiger partial charge in [-0.3, -0.25) is 14.9 Å². The SMILES string of the molecule is CCCn1c(=NC(=O)CCS(=O)(=O)c2ccccc2)sc2cc([N+](=O)[O-])ccc21. The molecule has 10 heteroatoms. The average Bonchev–Trinajstić information content (AvgIpc) is 3.04. The van der Waals surface area contributed by atoms with Gasteiger partial charge >= 0.3 is 0 Å². The predicted molar refractivity (Wildman–Crippen MR) is 110 cm³/mol. The highest BCUT2D eigenvalue weighted by Gasteiger charge is 2.17. The highest BCUT2D eigenvalue weighted by atomic mass is 32.2. The molecule has 1 amide bonds. The Bertz CT molecular complexity index is 1230. The minimum atomic E-state index is -3.57. The Balaban J connectivity index is 1.89. The lowest BCUT2D eigenvalue weighted by molar-refractivity contribution is -0.384. The standard InChI is InChI=1S/C19H19N3O5S2/c1-2-11-21-16-9-8-14(22(24)25)13-17(16)28-19(21)20-18(23)10-12-29(26,27)15-6-4-3-5-7-15/h3-9,13H,2,10-12H2,1H3. The van der Waals surface area contributed by atoms with Crippen LogP contribution in [-0.4, -0.2) is 29.6 Å². The summed E-state index contributed by atoms with van der Waals surface area (Å²) in [4.78, 5) is 27.6. The molecule has 0 saturated carbocycles. The normalized spacial score (nSPS) is 12.4. The summed E-state index contributed by atoms with van der Waals surface area (Å²) >= 11 is 1.18.